The van der Waals surface area contributed by atoms with Crippen molar-refractivity contribution in [3.05, 3.63) is 54.1 Å². The Kier molecular flexibility index (Phi) is 6.54. The van der Waals surface area contributed by atoms with E-state index in [1.807, 2.05) is 57.3 Å². The van der Waals surface area contributed by atoms with Crippen LogP contribution in [0.2, 0.25) is 0 Å². The summed E-state index contributed by atoms with van der Waals surface area (Å²) in [7, 11) is 1.81. The van der Waals surface area contributed by atoms with Crippen molar-refractivity contribution in [2.75, 3.05) is 29.5 Å². The Hall–Kier alpha value is -2.86. The van der Waals surface area contributed by atoms with Crippen LogP contribution in [0.1, 0.15) is 12.5 Å². The fraction of sp³-hybridized carbons (Fsp3) is 0.263. The molecule has 1 unspecified atom stereocenters. The molecule has 0 aliphatic heterocycles. The lowest BCUT2D eigenvalue weighted by molar-refractivity contribution is -0.119. The van der Waals surface area contributed by atoms with Crippen LogP contribution in [-0.4, -0.2) is 25.5 Å². The zero-order chi connectivity index (χ0) is 18.2. The largest absolute Gasteiger partial charge is 0.325 e. The number of amides is 3. The highest BCUT2D eigenvalue weighted by molar-refractivity contribution is 6.00. The zero-order valence-corrected chi connectivity index (χ0v) is 14.7. The van der Waals surface area contributed by atoms with Crippen LogP contribution in [0.15, 0.2) is 48.5 Å². The smallest absolute Gasteiger partial charge is 0.323 e. The Balaban J connectivity index is 2.02. The van der Waals surface area contributed by atoms with Crippen LogP contribution < -0.4 is 21.3 Å². The van der Waals surface area contributed by atoms with Gasteiger partial charge in [0.15, 0.2) is 0 Å². The Bertz CT molecular complexity index is 731. The Morgan fingerprint density at radius 2 is 1.64 bits per heavy atom. The maximum atomic E-state index is 12.2. The molecule has 6 nitrogen and oxygen atoms in total. The number of nitrogens with one attached hydrogen (secondary N) is 4. The number of rotatable bonds is 6. The quantitative estimate of drug-likeness (QED) is 0.650. The highest BCUT2D eigenvalue weighted by Gasteiger charge is 2.13. The highest BCUT2D eigenvalue weighted by Crippen LogP contribution is 2.21. The van der Waals surface area contributed by atoms with Crippen molar-refractivity contribution in [3.8, 4) is 0 Å². The first-order valence-electron chi connectivity index (χ1n) is 8.18. The molecule has 0 aromatic heterocycles. The number of hydrogen-bond acceptors (Lipinski definition) is 3. The molecular formula is C19H24N4O2. The van der Waals surface area contributed by atoms with Gasteiger partial charge in [-0.25, -0.2) is 4.79 Å². The molecule has 2 aromatic carbocycles. The van der Waals surface area contributed by atoms with Crippen molar-refractivity contribution in [3.63, 3.8) is 0 Å². The molecule has 0 spiro atoms. The van der Waals surface area contributed by atoms with Crippen LogP contribution in [-0.2, 0) is 4.79 Å². The molecule has 0 aliphatic rings. The van der Waals surface area contributed by atoms with Gasteiger partial charge in [-0.15, -0.1) is 0 Å². The first-order chi connectivity index (χ1) is 12.0. The monoisotopic (exact) mass is 340 g/mol. The molecule has 4 N–H and O–H groups in total. The van der Waals surface area contributed by atoms with Gasteiger partial charge >= 0.3 is 6.03 Å². The van der Waals surface area contributed by atoms with Crippen LogP contribution >= 0.6 is 0 Å². The van der Waals surface area contributed by atoms with E-state index in [2.05, 4.69) is 21.3 Å². The van der Waals surface area contributed by atoms with E-state index in [4.69, 9.17) is 0 Å². The zero-order valence-electron chi connectivity index (χ0n) is 14.7. The number of hydrogen-bond donors (Lipinski definition) is 4. The molecule has 0 saturated carbocycles. The van der Waals surface area contributed by atoms with Crippen molar-refractivity contribution < 1.29 is 9.59 Å². The summed E-state index contributed by atoms with van der Waals surface area (Å²) < 4.78 is 0. The molecule has 0 saturated heterocycles. The number of aryl methyl sites for hydroxylation is 1. The Labute approximate surface area is 148 Å². The topological polar surface area (TPSA) is 82.3 Å². The first-order valence-corrected chi connectivity index (χ1v) is 8.18. The molecule has 1 atom stereocenters. The third-order valence-corrected chi connectivity index (χ3v) is 3.74. The molecule has 132 valence electrons. The van der Waals surface area contributed by atoms with E-state index in [9.17, 15) is 9.59 Å². The van der Waals surface area contributed by atoms with Gasteiger partial charge in [-0.2, -0.15) is 0 Å². The molecule has 2 aromatic rings. The van der Waals surface area contributed by atoms with Crippen LogP contribution in [0.5, 0.6) is 0 Å². The average Bonchev–Trinajstić information content (AvgIpc) is 2.59. The fourth-order valence-electron chi connectivity index (χ4n) is 2.30. The lowest BCUT2D eigenvalue weighted by atomic mass is 10.1. The van der Waals surface area contributed by atoms with Crippen molar-refractivity contribution in [2.45, 2.75) is 13.8 Å². The molecule has 0 radical (unpaired) electrons. The molecule has 0 bridgehead atoms. The summed E-state index contributed by atoms with van der Waals surface area (Å²) in [6, 6.07) is 14.3. The maximum Gasteiger partial charge on any atom is 0.323 e. The third-order valence-electron chi connectivity index (χ3n) is 3.74. The van der Waals surface area contributed by atoms with Gasteiger partial charge in [-0.05, 0) is 43.8 Å². The number of para-hydroxylation sites is 1. The van der Waals surface area contributed by atoms with Gasteiger partial charge in [0.05, 0.1) is 0 Å². The average molecular weight is 340 g/mol. The van der Waals surface area contributed by atoms with Gasteiger partial charge in [-0.1, -0.05) is 31.2 Å². The number of carbonyl (C=O) groups is 2. The maximum absolute atomic E-state index is 12.2. The van der Waals surface area contributed by atoms with Gasteiger partial charge < -0.3 is 21.3 Å². The summed E-state index contributed by atoms with van der Waals surface area (Å²) in [5.41, 5.74) is 2.93. The van der Waals surface area contributed by atoms with Gasteiger partial charge in [-0.3, -0.25) is 4.79 Å². The molecule has 0 fully saturated rings. The van der Waals surface area contributed by atoms with E-state index in [1.165, 1.54) is 0 Å². The minimum atomic E-state index is -0.337. The van der Waals surface area contributed by atoms with Crippen molar-refractivity contribution >= 4 is 29.0 Å². The molecular weight excluding hydrogens is 316 g/mol. The molecule has 3 amide bonds. The minimum Gasteiger partial charge on any atom is -0.325 e. The Morgan fingerprint density at radius 1 is 0.960 bits per heavy atom. The van der Waals surface area contributed by atoms with Crippen molar-refractivity contribution in [1.29, 1.82) is 0 Å². The Morgan fingerprint density at radius 3 is 2.32 bits per heavy atom. The molecule has 25 heavy (non-hydrogen) atoms. The molecule has 2 rings (SSSR count). The summed E-state index contributed by atoms with van der Waals surface area (Å²) in [6.07, 6.45) is 0. The van der Waals surface area contributed by atoms with Gasteiger partial charge in [0.1, 0.15) is 0 Å². The van der Waals surface area contributed by atoms with Gasteiger partial charge in [0.25, 0.3) is 0 Å². The van der Waals surface area contributed by atoms with Crippen LogP contribution in [0.4, 0.5) is 21.9 Å². The number of anilines is 3. The normalized spacial score (nSPS) is 11.5. The van der Waals surface area contributed by atoms with E-state index in [0.29, 0.717) is 23.6 Å². The van der Waals surface area contributed by atoms with Crippen LogP contribution in [0.3, 0.4) is 0 Å². The summed E-state index contributed by atoms with van der Waals surface area (Å²) in [5.74, 6) is -0.217. The highest BCUT2D eigenvalue weighted by atomic mass is 16.2. The van der Waals surface area contributed by atoms with E-state index in [-0.39, 0.29) is 17.9 Å². The van der Waals surface area contributed by atoms with E-state index < -0.39 is 0 Å². The van der Waals surface area contributed by atoms with E-state index in [1.54, 1.807) is 12.1 Å². The predicted molar refractivity (Wildman–Crippen MR) is 102 cm³/mol. The van der Waals surface area contributed by atoms with Crippen LogP contribution in [0.25, 0.3) is 0 Å². The standard InChI is InChI=1S/C19H24N4O2/c1-13-9-10-16(11-17(13)23-18(24)14(2)12-20-3)22-19(25)21-15-7-5-4-6-8-15/h4-11,14,20H,12H2,1-3H3,(H,23,24)(H2,21,22,25). The number of benzene rings is 2. The first kappa shape index (κ1) is 18.5. The lowest BCUT2D eigenvalue weighted by Crippen LogP contribution is -2.29. The van der Waals surface area contributed by atoms with Crippen LogP contribution in [0, 0.1) is 12.8 Å². The summed E-state index contributed by atoms with van der Waals surface area (Å²) in [5, 5.41) is 11.4. The van der Waals surface area contributed by atoms with Crippen molar-refractivity contribution in [2.24, 2.45) is 5.92 Å². The summed E-state index contributed by atoms with van der Waals surface area (Å²) in [4.78, 5) is 24.3. The molecule has 6 heteroatoms. The second-order valence-electron chi connectivity index (χ2n) is 5.92. The van der Waals surface area contributed by atoms with Crippen molar-refractivity contribution in [1.82, 2.24) is 5.32 Å². The van der Waals surface area contributed by atoms with Gasteiger partial charge in [0, 0.05) is 29.5 Å². The van der Waals surface area contributed by atoms with E-state index in [0.717, 1.165) is 5.56 Å². The van der Waals surface area contributed by atoms with Gasteiger partial charge in [0.2, 0.25) is 5.91 Å². The number of carbonyl (C=O) groups excluding carboxylic acids is 2. The molecule has 0 aliphatic carbocycles. The number of urea groups is 1. The van der Waals surface area contributed by atoms with E-state index >= 15 is 0 Å². The SMILES string of the molecule is CNCC(C)C(=O)Nc1cc(NC(=O)Nc2ccccc2)ccc1C. The second-order valence-corrected chi connectivity index (χ2v) is 5.92. The second kappa shape index (κ2) is 8.84. The molecule has 0 heterocycles. The lowest BCUT2D eigenvalue weighted by Gasteiger charge is -2.15. The summed E-state index contributed by atoms with van der Waals surface area (Å²) in [6.45, 7) is 4.37. The minimum absolute atomic E-state index is 0.0664. The summed E-state index contributed by atoms with van der Waals surface area (Å²) >= 11 is 0. The third kappa shape index (κ3) is 5.61. The predicted octanol–water partition coefficient (Wildman–Crippen LogP) is 3.43. The fourth-order valence-corrected chi connectivity index (χ4v) is 2.30.